The van der Waals surface area contributed by atoms with Gasteiger partial charge in [-0.3, -0.25) is 0 Å². The maximum atomic E-state index is 5.47. The van der Waals surface area contributed by atoms with Crippen LogP contribution >= 0.6 is 0 Å². The molecule has 1 N–H and O–H groups in total. The van der Waals surface area contributed by atoms with E-state index in [2.05, 4.69) is 39.1 Å². The summed E-state index contributed by atoms with van der Waals surface area (Å²) in [4.78, 5) is 0. The third-order valence-corrected chi connectivity index (χ3v) is 3.72. The van der Waals surface area contributed by atoms with E-state index in [1.807, 2.05) is 12.1 Å². The van der Waals surface area contributed by atoms with Gasteiger partial charge in [-0.1, -0.05) is 33.8 Å². The monoisotopic (exact) mass is 293 g/mol. The quantitative estimate of drug-likeness (QED) is 0.749. The van der Waals surface area contributed by atoms with Crippen molar-refractivity contribution in [1.29, 1.82) is 0 Å². The summed E-state index contributed by atoms with van der Waals surface area (Å²) in [5, 5.41) is 3.56. The molecule has 120 valence electrons. The van der Waals surface area contributed by atoms with Crippen molar-refractivity contribution in [1.82, 2.24) is 5.32 Å². The summed E-state index contributed by atoms with van der Waals surface area (Å²) in [6.45, 7) is 11.2. The van der Waals surface area contributed by atoms with Crippen LogP contribution in [0.2, 0.25) is 0 Å². The summed E-state index contributed by atoms with van der Waals surface area (Å²) in [6, 6.07) is 6.07. The lowest BCUT2D eigenvalue weighted by atomic mass is 9.86. The molecule has 0 bridgehead atoms. The van der Waals surface area contributed by atoms with Gasteiger partial charge in [0, 0.05) is 12.6 Å². The minimum atomic E-state index is 0.278. The van der Waals surface area contributed by atoms with Crippen LogP contribution in [0.3, 0.4) is 0 Å². The first-order valence-corrected chi connectivity index (χ1v) is 7.79. The van der Waals surface area contributed by atoms with Crippen LogP contribution in [0.5, 0.6) is 11.5 Å². The highest BCUT2D eigenvalue weighted by Gasteiger charge is 2.18. The third-order valence-electron chi connectivity index (χ3n) is 3.72. The van der Waals surface area contributed by atoms with Crippen molar-refractivity contribution < 1.29 is 9.47 Å². The Kier molecular flexibility index (Phi) is 7.03. The van der Waals surface area contributed by atoms with Gasteiger partial charge in [-0.2, -0.15) is 0 Å². The highest BCUT2D eigenvalue weighted by molar-refractivity contribution is 5.40. The fraction of sp³-hybridized carbons (Fsp3) is 0.667. The molecule has 0 aromatic heterocycles. The second-order valence-corrected chi connectivity index (χ2v) is 6.87. The predicted octanol–water partition coefficient (Wildman–Crippen LogP) is 3.91. The SMILES string of the molecule is COc1ccc(CCC(C)(C)CNCC(C)C)c(OC)c1. The molecule has 0 unspecified atom stereocenters. The zero-order chi connectivity index (χ0) is 15.9. The van der Waals surface area contributed by atoms with Crippen molar-refractivity contribution in [2.24, 2.45) is 11.3 Å². The first kappa shape index (κ1) is 17.8. The molecule has 0 saturated heterocycles. The molecule has 0 heterocycles. The minimum Gasteiger partial charge on any atom is -0.497 e. The van der Waals surface area contributed by atoms with E-state index in [0.29, 0.717) is 5.92 Å². The molecule has 3 heteroatoms. The van der Waals surface area contributed by atoms with E-state index in [9.17, 15) is 0 Å². The van der Waals surface area contributed by atoms with E-state index < -0.39 is 0 Å². The maximum Gasteiger partial charge on any atom is 0.125 e. The summed E-state index contributed by atoms with van der Waals surface area (Å²) in [6.07, 6.45) is 2.14. The number of aryl methyl sites for hydroxylation is 1. The van der Waals surface area contributed by atoms with Crippen molar-refractivity contribution in [2.75, 3.05) is 27.3 Å². The van der Waals surface area contributed by atoms with Crippen molar-refractivity contribution >= 4 is 0 Å². The van der Waals surface area contributed by atoms with E-state index >= 15 is 0 Å². The highest BCUT2D eigenvalue weighted by atomic mass is 16.5. The van der Waals surface area contributed by atoms with Crippen molar-refractivity contribution in [2.45, 2.75) is 40.5 Å². The molecule has 0 radical (unpaired) electrons. The average Bonchev–Trinajstić information content (AvgIpc) is 2.44. The Hall–Kier alpha value is -1.22. The van der Waals surface area contributed by atoms with Gasteiger partial charge < -0.3 is 14.8 Å². The van der Waals surface area contributed by atoms with Gasteiger partial charge in [0.2, 0.25) is 0 Å². The molecule has 21 heavy (non-hydrogen) atoms. The van der Waals surface area contributed by atoms with E-state index in [1.54, 1.807) is 14.2 Å². The minimum absolute atomic E-state index is 0.278. The van der Waals surface area contributed by atoms with E-state index in [1.165, 1.54) is 5.56 Å². The molecule has 0 amide bonds. The lowest BCUT2D eigenvalue weighted by molar-refractivity contribution is 0.306. The van der Waals surface area contributed by atoms with Crippen LogP contribution in [0, 0.1) is 11.3 Å². The van der Waals surface area contributed by atoms with Gasteiger partial charge in [-0.25, -0.2) is 0 Å². The first-order chi connectivity index (χ1) is 9.88. The molecule has 1 rings (SSSR count). The lowest BCUT2D eigenvalue weighted by Gasteiger charge is -2.26. The van der Waals surface area contributed by atoms with Gasteiger partial charge >= 0.3 is 0 Å². The van der Waals surface area contributed by atoms with Crippen molar-refractivity contribution in [3.05, 3.63) is 23.8 Å². The molecule has 1 aromatic carbocycles. The standard InChI is InChI=1S/C18H31NO2/c1-14(2)12-19-13-18(3,4)10-9-15-7-8-16(20-5)11-17(15)21-6/h7-8,11,14,19H,9-10,12-13H2,1-6H3. The molecule has 0 spiro atoms. The summed E-state index contributed by atoms with van der Waals surface area (Å²) < 4.78 is 10.7. The molecular weight excluding hydrogens is 262 g/mol. The molecule has 1 aromatic rings. The summed E-state index contributed by atoms with van der Waals surface area (Å²) >= 11 is 0. The number of nitrogens with one attached hydrogen (secondary N) is 1. The Morgan fingerprint density at radius 1 is 1.14 bits per heavy atom. The molecule has 0 aliphatic heterocycles. The maximum absolute atomic E-state index is 5.47. The van der Waals surface area contributed by atoms with Crippen LogP contribution in [0.4, 0.5) is 0 Å². The fourth-order valence-electron chi connectivity index (χ4n) is 2.32. The van der Waals surface area contributed by atoms with Crippen molar-refractivity contribution in [3.63, 3.8) is 0 Å². The molecule has 3 nitrogen and oxygen atoms in total. The third kappa shape index (κ3) is 6.38. The average molecular weight is 293 g/mol. The van der Waals surface area contributed by atoms with Crippen molar-refractivity contribution in [3.8, 4) is 11.5 Å². The number of hydrogen-bond acceptors (Lipinski definition) is 3. The Bertz CT molecular complexity index is 427. The van der Waals surface area contributed by atoms with E-state index in [0.717, 1.165) is 37.4 Å². The van der Waals surface area contributed by atoms with Gasteiger partial charge in [-0.15, -0.1) is 0 Å². The smallest absolute Gasteiger partial charge is 0.125 e. The van der Waals surface area contributed by atoms with Gasteiger partial charge in [0.05, 0.1) is 14.2 Å². The summed E-state index contributed by atoms with van der Waals surface area (Å²) in [7, 11) is 3.39. The number of hydrogen-bond donors (Lipinski definition) is 1. The zero-order valence-corrected chi connectivity index (χ0v) is 14.5. The van der Waals surface area contributed by atoms with Crippen LogP contribution in [-0.2, 0) is 6.42 Å². The molecule has 0 saturated carbocycles. The molecule has 0 atom stereocenters. The Morgan fingerprint density at radius 3 is 2.43 bits per heavy atom. The number of ether oxygens (including phenoxy) is 2. The van der Waals surface area contributed by atoms with E-state index in [4.69, 9.17) is 9.47 Å². The van der Waals surface area contributed by atoms with Gasteiger partial charge in [0.15, 0.2) is 0 Å². The predicted molar refractivity (Wildman–Crippen MR) is 89.4 cm³/mol. The second kappa shape index (κ2) is 8.28. The number of rotatable bonds is 9. The van der Waals surface area contributed by atoms with Crippen LogP contribution in [0.25, 0.3) is 0 Å². The largest absolute Gasteiger partial charge is 0.497 e. The fourth-order valence-corrected chi connectivity index (χ4v) is 2.32. The van der Waals surface area contributed by atoms with Gasteiger partial charge in [0.1, 0.15) is 11.5 Å². The van der Waals surface area contributed by atoms with Gasteiger partial charge in [-0.05, 0) is 42.3 Å². The number of methoxy groups -OCH3 is 2. The summed E-state index contributed by atoms with van der Waals surface area (Å²) in [5.41, 5.74) is 1.52. The topological polar surface area (TPSA) is 30.5 Å². The second-order valence-electron chi connectivity index (χ2n) is 6.87. The molecular formula is C18H31NO2. The van der Waals surface area contributed by atoms with Crippen LogP contribution < -0.4 is 14.8 Å². The van der Waals surface area contributed by atoms with Crippen LogP contribution in [-0.4, -0.2) is 27.3 Å². The number of benzene rings is 1. The van der Waals surface area contributed by atoms with E-state index in [-0.39, 0.29) is 5.41 Å². The molecule has 0 aliphatic rings. The van der Waals surface area contributed by atoms with Crippen LogP contribution in [0.1, 0.15) is 39.7 Å². The van der Waals surface area contributed by atoms with Gasteiger partial charge in [0.25, 0.3) is 0 Å². The molecule has 0 aliphatic carbocycles. The normalized spacial score (nSPS) is 11.8. The zero-order valence-electron chi connectivity index (χ0n) is 14.5. The Balaban J connectivity index is 2.57. The highest BCUT2D eigenvalue weighted by Crippen LogP contribution is 2.29. The Morgan fingerprint density at radius 2 is 1.86 bits per heavy atom. The molecule has 0 fully saturated rings. The first-order valence-electron chi connectivity index (χ1n) is 7.79. The van der Waals surface area contributed by atoms with Crippen LogP contribution in [0.15, 0.2) is 18.2 Å². The Labute approximate surface area is 130 Å². The summed E-state index contributed by atoms with van der Waals surface area (Å²) in [5.74, 6) is 2.45. The lowest BCUT2D eigenvalue weighted by Crippen LogP contribution is -2.32.